The van der Waals surface area contributed by atoms with Crippen molar-refractivity contribution in [1.82, 2.24) is 0 Å². The summed E-state index contributed by atoms with van der Waals surface area (Å²) in [5, 5.41) is 11.3. The number of hydrogen-bond donors (Lipinski definition) is 1. The number of benzene rings is 3. The number of halogens is 1. The number of aliphatic hydroxyl groups excluding tert-OH is 1. The molecule has 1 N–H and O–H groups in total. The van der Waals surface area contributed by atoms with Crippen molar-refractivity contribution in [2.75, 3.05) is 4.90 Å². The number of carbonyl (C=O) groups excluding carboxylic acids is 1. The molecule has 0 aromatic heterocycles. The first kappa shape index (κ1) is 19.0. The Kier molecular flexibility index (Phi) is 5.50. The van der Waals surface area contributed by atoms with Crippen LogP contribution in [0, 0.1) is 0 Å². The summed E-state index contributed by atoms with van der Waals surface area (Å²) < 4.78 is 0. The van der Waals surface area contributed by atoms with E-state index in [1.165, 1.54) is 0 Å². The third-order valence-electron chi connectivity index (χ3n) is 4.98. The number of rotatable bonds is 5. The van der Waals surface area contributed by atoms with E-state index in [2.05, 4.69) is 0 Å². The Labute approximate surface area is 175 Å². The minimum Gasteiger partial charge on any atom is -0.503 e. The second-order valence-electron chi connectivity index (χ2n) is 6.86. The van der Waals surface area contributed by atoms with E-state index in [1.807, 2.05) is 84.9 Å². The zero-order chi connectivity index (χ0) is 20.2. The summed E-state index contributed by atoms with van der Waals surface area (Å²) in [6, 6.07) is 26.4. The number of amides is 1. The molecule has 3 aromatic rings. The van der Waals surface area contributed by atoms with Crippen LogP contribution in [-0.4, -0.2) is 11.0 Å². The first-order valence-corrected chi connectivity index (χ1v) is 9.80. The standard InChI is InChI=1S/C25H20ClNO2/c26-20-16-14-19(15-17-20)23-22(13-7-10-18-8-3-1-4-9-18)24(28)25(29)27(23)21-11-5-2-6-12-21/h1-12,14-17,23,28H,13H2. The maximum absolute atomic E-state index is 13.0. The van der Waals surface area contributed by atoms with Gasteiger partial charge in [-0.3, -0.25) is 9.69 Å². The van der Waals surface area contributed by atoms with E-state index in [-0.39, 0.29) is 17.7 Å². The van der Waals surface area contributed by atoms with Gasteiger partial charge in [0.2, 0.25) is 0 Å². The third-order valence-corrected chi connectivity index (χ3v) is 5.23. The van der Waals surface area contributed by atoms with Crippen molar-refractivity contribution < 1.29 is 9.90 Å². The van der Waals surface area contributed by atoms with E-state index in [0.29, 0.717) is 17.0 Å². The van der Waals surface area contributed by atoms with Gasteiger partial charge in [-0.2, -0.15) is 0 Å². The Morgan fingerprint density at radius 2 is 1.52 bits per heavy atom. The highest BCUT2D eigenvalue weighted by atomic mass is 35.5. The van der Waals surface area contributed by atoms with Crippen LogP contribution in [0.5, 0.6) is 0 Å². The number of hydrogen-bond acceptors (Lipinski definition) is 2. The molecule has 1 unspecified atom stereocenters. The molecule has 144 valence electrons. The van der Waals surface area contributed by atoms with Gasteiger partial charge in [-0.15, -0.1) is 0 Å². The molecule has 1 atom stereocenters. The van der Waals surface area contributed by atoms with Crippen molar-refractivity contribution in [3.8, 4) is 0 Å². The van der Waals surface area contributed by atoms with Crippen LogP contribution in [0.3, 0.4) is 0 Å². The van der Waals surface area contributed by atoms with Crippen LogP contribution in [0.2, 0.25) is 5.02 Å². The van der Waals surface area contributed by atoms with Crippen LogP contribution >= 0.6 is 11.6 Å². The summed E-state index contributed by atoms with van der Waals surface area (Å²) in [4.78, 5) is 14.6. The quantitative estimate of drug-likeness (QED) is 0.541. The largest absolute Gasteiger partial charge is 0.503 e. The highest BCUT2D eigenvalue weighted by Crippen LogP contribution is 2.42. The molecule has 0 spiro atoms. The van der Waals surface area contributed by atoms with Crippen molar-refractivity contribution in [3.63, 3.8) is 0 Å². The smallest absolute Gasteiger partial charge is 0.293 e. The van der Waals surface area contributed by atoms with Crippen LogP contribution in [0.15, 0.2) is 102 Å². The molecular formula is C25H20ClNO2. The van der Waals surface area contributed by atoms with Gasteiger partial charge in [0.1, 0.15) is 0 Å². The average molecular weight is 402 g/mol. The normalized spacial score (nSPS) is 16.8. The molecule has 0 radical (unpaired) electrons. The number of nitrogens with zero attached hydrogens (tertiary/aromatic N) is 1. The summed E-state index contributed by atoms with van der Waals surface area (Å²) in [7, 11) is 0. The molecule has 4 heteroatoms. The molecule has 1 amide bonds. The molecule has 0 saturated heterocycles. The molecule has 0 bridgehead atoms. The minimum atomic E-state index is -0.390. The molecule has 0 saturated carbocycles. The molecule has 1 heterocycles. The topological polar surface area (TPSA) is 40.5 Å². The average Bonchev–Trinajstić information content (AvgIpc) is 3.01. The molecular weight excluding hydrogens is 382 g/mol. The van der Waals surface area contributed by atoms with Crippen LogP contribution in [-0.2, 0) is 4.79 Å². The SMILES string of the molecule is O=C1C(O)=C(CC=Cc2ccccc2)C(c2ccc(Cl)cc2)N1c1ccccc1. The maximum Gasteiger partial charge on any atom is 0.293 e. The molecule has 0 aliphatic carbocycles. The van der Waals surface area contributed by atoms with Gasteiger partial charge in [-0.05, 0) is 41.8 Å². The fraction of sp³-hybridized carbons (Fsp3) is 0.0800. The van der Waals surface area contributed by atoms with Gasteiger partial charge in [-0.25, -0.2) is 0 Å². The number of para-hydroxylation sites is 1. The van der Waals surface area contributed by atoms with Gasteiger partial charge in [0.05, 0.1) is 6.04 Å². The number of aliphatic hydroxyl groups is 1. The van der Waals surface area contributed by atoms with Crippen LogP contribution in [0.4, 0.5) is 5.69 Å². The lowest BCUT2D eigenvalue weighted by atomic mass is 9.96. The van der Waals surface area contributed by atoms with Crippen LogP contribution < -0.4 is 4.90 Å². The van der Waals surface area contributed by atoms with Crippen LogP contribution in [0.1, 0.15) is 23.6 Å². The number of anilines is 1. The van der Waals surface area contributed by atoms with Gasteiger partial charge >= 0.3 is 0 Å². The number of allylic oxidation sites excluding steroid dienone is 1. The second kappa shape index (κ2) is 8.38. The predicted molar refractivity (Wildman–Crippen MR) is 118 cm³/mol. The van der Waals surface area contributed by atoms with Crippen LogP contribution in [0.25, 0.3) is 6.08 Å². The summed E-state index contributed by atoms with van der Waals surface area (Å²) in [5.41, 5.74) is 3.39. The van der Waals surface area contributed by atoms with E-state index >= 15 is 0 Å². The second-order valence-corrected chi connectivity index (χ2v) is 7.29. The monoisotopic (exact) mass is 401 g/mol. The third kappa shape index (κ3) is 3.96. The lowest BCUT2D eigenvalue weighted by Gasteiger charge is -2.27. The van der Waals surface area contributed by atoms with Gasteiger partial charge in [0.15, 0.2) is 5.76 Å². The molecule has 4 rings (SSSR count). The lowest BCUT2D eigenvalue weighted by molar-refractivity contribution is -0.117. The highest BCUT2D eigenvalue weighted by molar-refractivity contribution is 6.30. The van der Waals surface area contributed by atoms with Crippen molar-refractivity contribution in [3.05, 3.63) is 118 Å². The van der Waals surface area contributed by atoms with Gasteiger partial charge in [0.25, 0.3) is 5.91 Å². The maximum atomic E-state index is 13.0. The first-order valence-electron chi connectivity index (χ1n) is 9.43. The van der Waals surface area contributed by atoms with Crippen molar-refractivity contribution in [2.45, 2.75) is 12.5 Å². The molecule has 3 aromatic carbocycles. The summed E-state index contributed by atoms with van der Waals surface area (Å²) >= 11 is 6.06. The van der Waals surface area contributed by atoms with E-state index in [1.54, 1.807) is 17.0 Å². The van der Waals surface area contributed by atoms with Crippen molar-refractivity contribution in [2.24, 2.45) is 0 Å². The van der Waals surface area contributed by atoms with E-state index < -0.39 is 0 Å². The van der Waals surface area contributed by atoms with Crippen molar-refractivity contribution >= 4 is 29.3 Å². The Morgan fingerprint density at radius 1 is 0.897 bits per heavy atom. The van der Waals surface area contributed by atoms with E-state index in [4.69, 9.17) is 11.6 Å². The van der Waals surface area contributed by atoms with Gasteiger partial charge in [-0.1, -0.05) is 84.4 Å². The molecule has 0 fully saturated rings. The molecule has 1 aliphatic heterocycles. The zero-order valence-electron chi connectivity index (χ0n) is 15.7. The summed E-state index contributed by atoms with van der Waals surface area (Å²) in [6.45, 7) is 0. The Morgan fingerprint density at radius 3 is 2.17 bits per heavy atom. The minimum absolute atomic E-state index is 0.188. The Bertz CT molecular complexity index is 1060. The predicted octanol–water partition coefficient (Wildman–Crippen LogP) is 6.34. The molecule has 1 aliphatic rings. The van der Waals surface area contributed by atoms with Gasteiger partial charge < -0.3 is 5.11 Å². The molecule has 3 nitrogen and oxygen atoms in total. The number of carbonyl (C=O) groups is 1. The highest BCUT2D eigenvalue weighted by Gasteiger charge is 2.40. The van der Waals surface area contributed by atoms with E-state index in [9.17, 15) is 9.90 Å². The summed E-state index contributed by atoms with van der Waals surface area (Å²) in [5.74, 6) is -0.578. The first-order chi connectivity index (χ1) is 14.1. The van der Waals surface area contributed by atoms with Crippen molar-refractivity contribution in [1.29, 1.82) is 0 Å². The lowest BCUT2D eigenvalue weighted by Crippen LogP contribution is -2.30. The zero-order valence-corrected chi connectivity index (χ0v) is 16.5. The fourth-order valence-electron chi connectivity index (χ4n) is 3.60. The van der Waals surface area contributed by atoms with E-state index in [0.717, 1.165) is 16.8 Å². The molecule has 29 heavy (non-hydrogen) atoms. The Balaban J connectivity index is 1.71. The van der Waals surface area contributed by atoms with Gasteiger partial charge in [0, 0.05) is 16.3 Å². The summed E-state index contributed by atoms with van der Waals surface area (Å²) in [6.07, 6.45) is 4.43. The fourth-order valence-corrected chi connectivity index (χ4v) is 3.72. The Hall–Kier alpha value is -3.30.